The standard InChI is InChI=1S/C11H10F3N3O/c12-11(13,14)10-16-9(17-18-10)8-3-1-7(2-4-8)5-6-15/h1-4H,5-6,15H2/p+1. The average molecular weight is 258 g/mol. The van der Waals surface area contributed by atoms with Gasteiger partial charge < -0.3 is 10.3 Å². The van der Waals surface area contributed by atoms with Crippen LogP contribution in [0.3, 0.4) is 0 Å². The minimum absolute atomic E-state index is 0.0662. The highest BCUT2D eigenvalue weighted by Crippen LogP contribution is 2.29. The van der Waals surface area contributed by atoms with E-state index in [0.29, 0.717) is 5.56 Å². The second-order valence-electron chi connectivity index (χ2n) is 3.72. The summed E-state index contributed by atoms with van der Waals surface area (Å²) in [6.45, 7) is 0.764. The molecule has 7 heteroatoms. The molecule has 0 unspecified atom stereocenters. The zero-order valence-corrected chi connectivity index (χ0v) is 9.37. The molecule has 0 saturated heterocycles. The molecule has 2 rings (SSSR count). The largest absolute Gasteiger partial charge is 0.471 e. The minimum atomic E-state index is -4.61. The van der Waals surface area contributed by atoms with Crippen LogP contribution in [-0.4, -0.2) is 16.7 Å². The van der Waals surface area contributed by atoms with Crippen LogP contribution >= 0.6 is 0 Å². The van der Waals surface area contributed by atoms with Crippen LogP contribution in [0, 0.1) is 0 Å². The van der Waals surface area contributed by atoms with Gasteiger partial charge >= 0.3 is 12.1 Å². The molecule has 1 heterocycles. The first-order chi connectivity index (χ1) is 8.50. The quantitative estimate of drug-likeness (QED) is 0.908. The molecule has 0 fully saturated rings. The van der Waals surface area contributed by atoms with Gasteiger partial charge in [-0.05, 0) is 5.56 Å². The molecule has 0 amide bonds. The topological polar surface area (TPSA) is 66.6 Å². The summed E-state index contributed by atoms with van der Waals surface area (Å²) in [5.74, 6) is -1.40. The number of quaternary nitrogens is 1. The van der Waals surface area contributed by atoms with Crippen LogP contribution < -0.4 is 5.73 Å². The molecule has 1 aromatic carbocycles. The predicted molar refractivity (Wildman–Crippen MR) is 56.2 cm³/mol. The summed E-state index contributed by atoms with van der Waals surface area (Å²) >= 11 is 0. The van der Waals surface area contributed by atoms with Gasteiger partial charge in [0.25, 0.3) is 0 Å². The SMILES string of the molecule is [NH3+]CCc1ccc(-c2noc(C(F)(F)F)n2)cc1. The van der Waals surface area contributed by atoms with Crippen LogP contribution in [0.2, 0.25) is 0 Å². The van der Waals surface area contributed by atoms with Crippen molar-refractivity contribution in [3.05, 3.63) is 35.7 Å². The Labute approximate surface area is 101 Å². The van der Waals surface area contributed by atoms with E-state index in [2.05, 4.69) is 20.4 Å². The average Bonchev–Trinajstić information content (AvgIpc) is 2.79. The van der Waals surface area contributed by atoms with Crippen LogP contribution in [0.25, 0.3) is 11.4 Å². The van der Waals surface area contributed by atoms with Gasteiger partial charge in [0.1, 0.15) is 0 Å². The van der Waals surface area contributed by atoms with Crippen molar-refractivity contribution in [3.8, 4) is 11.4 Å². The van der Waals surface area contributed by atoms with Gasteiger partial charge in [-0.2, -0.15) is 18.2 Å². The van der Waals surface area contributed by atoms with Crippen molar-refractivity contribution < 1.29 is 23.4 Å². The summed E-state index contributed by atoms with van der Waals surface area (Å²) in [5, 5.41) is 3.31. The first-order valence-corrected chi connectivity index (χ1v) is 5.30. The van der Waals surface area contributed by atoms with Crippen LogP contribution in [0.1, 0.15) is 11.5 Å². The molecule has 0 aliphatic heterocycles. The molecular formula is C11H11F3N3O+. The van der Waals surface area contributed by atoms with Crippen molar-refractivity contribution in [3.63, 3.8) is 0 Å². The predicted octanol–water partition coefficient (Wildman–Crippen LogP) is 1.54. The number of hydrogen-bond donors (Lipinski definition) is 1. The molecule has 1 aromatic heterocycles. The smallest absolute Gasteiger partial charge is 0.357 e. The van der Waals surface area contributed by atoms with Crippen molar-refractivity contribution in [1.82, 2.24) is 10.1 Å². The van der Waals surface area contributed by atoms with Crippen molar-refractivity contribution in [2.45, 2.75) is 12.6 Å². The highest BCUT2D eigenvalue weighted by Gasteiger charge is 2.38. The Kier molecular flexibility index (Phi) is 3.33. The van der Waals surface area contributed by atoms with Gasteiger partial charge in [-0.15, -0.1) is 0 Å². The molecule has 0 atom stereocenters. The van der Waals surface area contributed by atoms with Crippen LogP contribution in [-0.2, 0) is 12.6 Å². The summed E-state index contributed by atoms with van der Waals surface area (Å²) in [4.78, 5) is 3.31. The maximum absolute atomic E-state index is 12.3. The normalized spacial score (nSPS) is 11.8. The Morgan fingerprint density at radius 2 is 1.83 bits per heavy atom. The molecule has 0 bridgehead atoms. The van der Waals surface area contributed by atoms with Crippen molar-refractivity contribution >= 4 is 0 Å². The van der Waals surface area contributed by atoms with Crippen molar-refractivity contribution in [2.24, 2.45) is 0 Å². The van der Waals surface area contributed by atoms with E-state index in [-0.39, 0.29) is 5.82 Å². The maximum Gasteiger partial charge on any atom is 0.471 e. The Balaban J connectivity index is 2.23. The summed E-state index contributed by atoms with van der Waals surface area (Å²) in [6.07, 6.45) is -3.79. The van der Waals surface area contributed by atoms with Crippen LogP contribution in [0.5, 0.6) is 0 Å². The molecule has 3 N–H and O–H groups in total. The lowest BCUT2D eigenvalue weighted by Gasteiger charge is -1.98. The van der Waals surface area contributed by atoms with Crippen molar-refractivity contribution in [2.75, 3.05) is 6.54 Å². The molecule has 0 radical (unpaired) electrons. The molecule has 0 saturated carbocycles. The van der Waals surface area contributed by atoms with E-state index < -0.39 is 12.1 Å². The third-order valence-corrected chi connectivity index (χ3v) is 2.35. The number of hydrogen-bond acceptors (Lipinski definition) is 3. The van der Waals surface area contributed by atoms with Crippen molar-refractivity contribution in [1.29, 1.82) is 0 Å². The van der Waals surface area contributed by atoms with Crippen LogP contribution in [0.4, 0.5) is 13.2 Å². The molecule has 0 aliphatic carbocycles. The number of aromatic nitrogens is 2. The maximum atomic E-state index is 12.3. The van der Waals surface area contributed by atoms with E-state index >= 15 is 0 Å². The zero-order valence-electron chi connectivity index (χ0n) is 9.37. The minimum Gasteiger partial charge on any atom is -0.357 e. The van der Waals surface area contributed by atoms with E-state index in [1.807, 2.05) is 12.1 Å². The van der Waals surface area contributed by atoms with E-state index in [4.69, 9.17) is 0 Å². The molecule has 18 heavy (non-hydrogen) atoms. The van der Waals surface area contributed by atoms with Gasteiger partial charge in [-0.3, -0.25) is 0 Å². The van der Waals surface area contributed by atoms with Gasteiger partial charge in [0, 0.05) is 12.0 Å². The summed E-state index contributed by atoms with van der Waals surface area (Å²) < 4.78 is 41.0. The molecule has 96 valence electrons. The Bertz CT molecular complexity index is 519. The second kappa shape index (κ2) is 4.77. The molecule has 0 aliphatic rings. The number of rotatable bonds is 3. The fourth-order valence-corrected chi connectivity index (χ4v) is 1.48. The fraction of sp³-hybridized carbons (Fsp3) is 0.273. The highest BCUT2D eigenvalue weighted by molar-refractivity contribution is 5.54. The number of nitrogens with zero attached hydrogens (tertiary/aromatic N) is 2. The number of benzene rings is 1. The highest BCUT2D eigenvalue weighted by atomic mass is 19.4. The lowest BCUT2D eigenvalue weighted by Crippen LogP contribution is -2.51. The zero-order chi connectivity index (χ0) is 13.2. The van der Waals surface area contributed by atoms with Gasteiger partial charge in [0.05, 0.1) is 6.54 Å². The Hall–Kier alpha value is -1.89. The van der Waals surface area contributed by atoms with Gasteiger partial charge in [-0.1, -0.05) is 29.4 Å². The molecule has 0 spiro atoms. The summed E-state index contributed by atoms with van der Waals surface area (Å²) in [7, 11) is 0. The second-order valence-corrected chi connectivity index (χ2v) is 3.72. The van der Waals surface area contributed by atoms with Crippen LogP contribution in [0.15, 0.2) is 28.8 Å². The first-order valence-electron chi connectivity index (χ1n) is 5.30. The van der Waals surface area contributed by atoms with Gasteiger partial charge in [0.2, 0.25) is 5.82 Å². The lowest BCUT2D eigenvalue weighted by molar-refractivity contribution is -0.366. The third-order valence-electron chi connectivity index (χ3n) is 2.35. The number of alkyl halides is 3. The molecular weight excluding hydrogens is 247 g/mol. The monoisotopic (exact) mass is 258 g/mol. The molecule has 2 aromatic rings. The lowest BCUT2D eigenvalue weighted by atomic mass is 10.1. The van der Waals surface area contributed by atoms with E-state index in [9.17, 15) is 13.2 Å². The third kappa shape index (κ3) is 2.67. The van der Waals surface area contributed by atoms with Gasteiger partial charge in [-0.25, -0.2) is 0 Å². The Morgan fingerprint density at radius 1 is 1.17 bits per heavy atom. The fourth-order valence-electron chi connectivity index (χ4n) is 1.48. The summed E-state index contributed by atoms with van der Waals surface area (Å²) in [6, 6.07) is 6.94. The summed E-state index contributed by atoms with van der Waals surface area (Å²) in [5.41, 5.74) is 5.28. The van der Waals surface area contributed by atoms with E-state index in [1.165, 1.54) is 0 Å². The van der Waals surface area contributed by atoms with Gasteiger partial charge in [0.15, 0.2) is 0 Å². The first kappa shape index (κ1) is 12.6. The number of halogens is 3. The Morgan fingerprint density at radius 3 is 2.33 bits per heavy atom. The van der Waals surface area contributed by atoms with E-state index in [0.717, 1.165) is 18.5 Å². The van der Waals surface area contributed by atoms with E-state index in [1.54, 1.807) is 12.1 Å². The molecule has 4 nitrogen and oxygen atoms in total.